The number of carbonyl (C=O) groups excluding carboxylic acids is 2. The summed E-state index contributed by atoms with van der Waals surface area (Å²) in [6.45, 7) is 1.31. The normalized spacial score (nSPS) is 11.2. The van der Waals surface area contributed by atoms with Crippen molar-refractivity contribution in [2.75, 3.05) is 13.7 Å². The van der Waals surface area contributed by atoms with Crippen LogP contribution in [0.15, 0.2) is 48.5 Å². The maximum atomic E-state index is 12.0. The number of methoxy groups -OCH3 is 1. The van der Waals surface area contributed by atoms with E-state index in [1.807, 2.05) is 12.1 Å². The number of hydrogen-bond acceptors (Lipinski definition) is 7. The van der Waals surface area contributed by atoms with Gasteiger partial charge in [0.25, 0.3) is 11.6 Å². The van der Waals surface area contributed by atoms with Gasteiger partial charge < -0.3 is 19.5 Å². The van der Waals surface area contributed by atoms with Crippen molar-refractivity contribution in [1.29, 1.82) is 0 Å². The zero-order valence-corrected chi connectivity index (χ0v) is 15.4. The first kappa shape index (κ1) is 20.7. The van der Waals surface area contributed by atoms with Gasteiger partial charge in [-0.15, -0.1) is 0 Å². The summed E-state index contributed by atoms with van der Waals surface area (Å²) in [6.07, 6.45) is -0.994. The largest absolute Gasteiger partial charge is 0.497 e. The molecule has 2 aromatic rings. The topological polar surface area (TPSA) is 117 Å². The Bertz CT molecular complexity index is 819. The minimum Gasteiger partial charge on any atom is -0.497 e. The quantitative estimate of drug-likeness (QED) is 0.398. The molecule has 0 aliphatic rings. The molecule has 148 valence electrons. The van der Waals surface area contributed by atoms with E-state index in [1.165, 1.54) is 31.2 Å². The van der Waals surface area contributed by atoms with Crippen LogP contribution in [0.4, 0.5) is 5.69 Å². The van der Waals surface area contributed by atoms with Gasteiger partial charge in [0.15, 0.2) is 12.7 Å². The second-order valence-corrected chi connectivity index (χ2v) is 5.74. The monoisotopic (exact) mass is 388 g/mol. The molecule has 0 radical (unpaired) electrons. The van der Waals surface area contributed by atoms with Crippen LogP contribution in [-0.4, -0.2) is 36.6 Å². The van der Waals surface area contributed by atoms with Crippen LogP contribution in [0.3, 0.4) is 0 Å². The van der Waals surface area contributed by atoms with Gasteiger partial charge in [0.05, 0.1) is 12.0 Å². The van der Waals surface area contributed by atoms with Crippen LogP contribution in [0.5, 0.6) is 11.5 Å². The molecule has 0 saturated carbocycles. The number of amides is 1. The summed E-state index contributed by atoms with van der Waals surface area (Å²) >= 11 is 0. The van der Waals surface area contributed by atoms with Crippen LogP contribution in [0.1, 0.15) is 12.5 Å². The van der Waals surface area contributed by atoms with E-state index in [-0.39, 0.29) is 18.0 Å². The average Bonchev–Trinajstić information content (AvgIpc) is 2.71. The molecule has 2 aromatic carbocycles. The summed E-state index contributed by atoms with van der Waals surface area (Å²) in [6, 6.07) is 12.4. The lowest BCUT2D eigenvalue weighted by Crippen LogP contribution is -2.36. The highest BCUT2D eigenvalue weighted by molar-refractivity contribution is 5.83. The van der Waals surface area contributed by atoms with Gasteiger partial charge >= 0.3 is 5.97 Å². The van der Waals surface area contributed by atoms with Crippen molar-refractivity contribution in [3.05, 3.63) is 64.2 Å². The van der Waals surface area contributed by atoms with Gasteiger partial charge in [-0.25, -0.2) is 4.79 Å². The van der Waals surface area contributed by atoms with Crippen molar-refractivity contribution in [1.82, 2.24) is 5.32 Å². The Labute approximate surface area is 161 Å². The predicted octanol–water partition coefficient (Wildman–Crippen LogP) is 2.23. The highest BCUT2D eigenvalue weighted by Crippen LogP contribution is 2.17. The van der Waals surface area contributed by atoms with E-state index in [0.29, 0.717) is 5.75 Å². The number of carbonyl (C=O) groups is 2. The molecule has 1 amide bonds. The smallest absolute Gasteiger partial charge is 0.344 e. The van der Waals surface area contributed by atoms with Gasteiger partial charge in [-0.2, -0.15) is 0 Å². The van der Waals surface area contributed by atoms with Crippen LogP contribution in [0.25, 0.3) is 0 Å². The Morgan fingerprint density at radius 3 is 2.25 bits per heavy atom. The lowest BCUT2D eigenvalue weighted by atomic mass is 10.2. The lowest BCUT2D eigenvalue weighted by molar-refractivity contribution is -0.384. The molecular formula is C19H20N2O7. The summed E-state index contributed by atoms with van der Waals surface area (Å²) in [5, 5.41) is 13.3. The number of nitrogens with one attached hydrogen (secondary N) is 1. The molecule has 0 saturated heterocycles. The first-order valence-corrected chi connectivity index (χ1v) is 8.36. The van der Waals surface area contributed by atoms with Crippen LogP contribution in [0, 0.1) is 10.1 Å². The number of hydrogen-bond donors (Lipinski definition) is 1. The van der Waals surface area contributed by atoms with Gasteiger partial charge in [0.1, 0.15) is 11.5 Å². The Hall–Kier alpha value is -3.62. The van der Waals surface area contributed by atoms with E-state index in [4.69, 9.17) is 14.2 Å². The van der Waals surface area contributed by atoms with Gasteiger partial charge in [-0.1, -0.05) is 12.1 Å². The van der Waals surface area contributed by atoms with Gasteiger partial charge in [-0.3, -0.25) is 14.9 Å². The van der Waals surface area contributed by atoms with Gasteiger partial charge in [-0.05, 0) is 36.8 Å². The van der Waals surface area contributed by atoms with E-state index in [0.717, 1.165) is 5.56 Å². The highest BCUT2D eigenvalue weighted by atomic mass is 16.6. The van der Waals surface area contributed by atoms with E-state index in [1.54, 1.807) is 19.2 Å². The Morgan fingerprint density at radius 1 is 1.07 bits per heavy atom. The molecule has 2 rings (SSSR count). The summed E-state index contributed by atoms with van der Waals surface area (Å²) in [4.78, 5) is 33.9. The minimum absolute atomic E-state index is 0.0860. The number of rotatable bonds is 9. The number of esters is 1. The minimum atomic E-state index is -0.994. The van der Waals surface area contributed by atoms with Crippen LogP contribution < -0.4 is 14.8 Å². The first-order chi connectivity index (χ1) is 13.4. The first-order valence-electron chi connectivity index (χ1n) is 8.36. The predicted molar refractivity (Wildman–Crippen MR) is 99.0 cm³/mol. The molecule has 9 nitrogen and oxygen atoms in total. The Morgan fingerprint density at radius 2 is 1.68 bits per heavy atom. The van der Waals surface area contributed by atoms with Crippen LogP contribution in [0.2, 0.25) is 0 Å². The molecule has 0 aliphatic carbocycles. The zero-order valence-electron chi connectivity index (χ0n) is 15.4. The fourth-order valence-corrected chi connectivity index (χ4v) is 2.17. The van der Waals surface area contributed by atoms with Gasteiger partial charge in [0.2, 0.25) is 0 Å². The standard InChI is InChI=1S/C19H20N2O7/c1-13(19(23)20-11-14-3-7-16(26-2)8-4-14)28-18(22)12-27-17-9-5-15(6-10-17)21(24)25/h3-10,13H,11-12H2,1-2H3,(H,20,23)/t13-/m0/s1. The molecule has 28 heavy (non-hydrogen) atoms. The number of nitrogens with zero attached hydrogens (tertiary/aromatic N) is 1. The third-order valence-corrected chi connectivity index (χ3v) is 3.71. The SMILES string of the molecule is COc1ccc(CNC(=O)[C@H](C)OC(=O)COc2ccc([N+](=O)[O-])cc2)cc1. The van der Waals surface area contributed by atoms with Crippen molar-refractivity contribution < 1.29 is 28.7 Å². The second-order valence-electron chi connectivity index (χ2n) is 5.74. The summed E-state index contributed by atoms with van der Waals surface area (Å²) in [7, 11) is 1.57. The number of ether oxygens (including phenoxy) is 3. The molecule has 0 heterocycles. The average molecular weight is 388 g/mol. The molecule has 0 fully saturated rings. The number of non-ortho nitro benzene ring substituents is 1. The Balaban J connectivity index is 1.74. The third-order valence-electron chi connectivity index (χ3n) is 3.71. The van der Waals surface area contributed by atoms with E-state index in [9.17, 15) is 19.7 Å². The molecule has 9 heteroatoms. The van der Waals surface area contributed by atoms with Crippen LogP contribution in [-0.2, 0) is 20.9 Å². The maximum Gasteiger partial charge on any atom is 0.344 e. The van der Waals surface area contributed by atoms with Gasteiger partial charge in [0, 0.05) is 18.7 Å². The fraction of sp³-hybridized carbons (Fsp3) is 0.263. The van der Waals surface area contributed by atoms with E-state index in [2.05, 4.69) is 5.32 Å². The number of benzene rings is 2. The third kappa shape index (κ3) is 6.27. The molecule has 1 atom stereocenters. The second kappa shape index (κ2) is 9.91. The summed E-state index contributed by atoms with van der Waals surface area (Å²) in [5.74, 6) is -0.186. The molecule has 0 aromatic heterocycles. The molecule has 0 bridgehead atoms. The van der Waals surface area contributed by atoms with Crippen molar-refractivity contribution in [2.45, 2.75) is 19.6 Å². The van der Waals surface area contributed by atoms with Crippen molar-refractivity contribution in [3.8, 4) is 11.5 Å². The zero-order chi connectivity index (χ0) is 20.5. The maximum absolute atomic E-state index is 12.0. The van der Waals surface area contributed by atoms with E-state index < -0.39 is 29.5 Å². The van der Waals surface area contributed by atoms with Crippen molar-refractivity contribution in [2.24, 2.45) is 0 Å². The van der Waals surface area contributed by atoms with Crippen molar-refractivity contribution in [3.63, 3.8) is 0 Å². The number of nitro groups is 1. The molecule has 0 unspecified atom stereocenters. The molecule has 1 N–H and O–H groups in total. The molecule has 0 aliphatic heterocycles. The van der Waals surface area contributed by atoms with Crippen LogP contribution >= 0.6 is 0 Å². The fourth-order valence-electron chi connectivity index (χ4n) is 2.17. The summed E-state index contributed by atoms with van der Waals surface area (Å²) < 4.78 is 15.3. The molecular weight excluding hydrogens is 368 g/mol. The highest BCUT2D eigenvalue weighted by Gasteiger charge is 2.18. The Kier molecular flexibility index (Phi) is 7.32. The number of nitro benzene ring substituents is 1. The van der Waals surface area contributed by atoms with E-state index >= 15 is 0 Å². The summed E-state index contributed by atoms with van der Waals surface area (Å²) in [5.41, 5.74) is 0.784. The lowest BCUT2D eigenvalue weighted by Gasteiger charge is -2.14. The van der Waals surface area contributed by atoms with Crippen molar-refractivity contribution >= 4 is 17.6 Å². The molecule has 0 spiro atoms.